The van der Waals surface area contributed by atoms with Crippen molar-refractivity contribution >= 4 is 23.4 Å². The van der Waals surface area contributed by atoms with Gasteiger partial charge in [0.05, 0.1) is 48.5 Å². The molecule has 0 aliphatic carbocycles. The van der Waals surface area contributed by atoms with Crippen molar-refractivity contribution < 1.29 is 19.1 Å². The van der Waals surface area contributed by atoms with Crippen LogP contribution in [0.4, 0.5) is 10.5 Å². The van der Waals surface area contributed by atoms with E-state index in [2.05, 4.69) is 32.5 Å². The molecule has 0 saturated carbocycles. The first-order valence-electron chi connectivity index (χ1n) is 14.3. The number of rotatable bonds is 8. The predicted octanol–water partition coefficient (Wildman–Crippen LogP) is 2.07. The number of hydrogen-bond acceptors (Lipinski definition) is 8. The molecule has 2 fully saturated rings. The molecular formula is C31H36N6O4. The Labute approximate surface area is 239 Å². The highest BCUT2D eigenvalue weighted by Gasteiger charge is 2.27. The van der Waals surface area contributed by atoms with E-state index in [0.29, 0.717) is 67.0 Å². The van der Waals surface area contributed by atoms with E-state index >= 15 is 0 Å². The molecule has 5 rings (SSSR count). The predicted molar refractivity (Wildman–Crippen MR) is 155 cm³/mol. The number of anilines is 1. The maximum Gasteiger partial charge on any atom is 0.321 e. The van der Waals surface area contributed by atoms with Gasteiger partial charge >= 0.3 is 6.03 Å². The molecule has 10 heteroatoms. The number of benzene rings is 2. The fourth-order valence-corrected chi connectivity index (χ4v) is 5.67. The number of methoxy groups -OCH3 is 1. The fraction of sp³-hybridized carbons (Fsp3) is 0.452. The van der Waals surface area contributed by atoms with Gasteiger partial charge in [0.25, 0.3) is 0 Å². The average molecular weight is 557 g/mol. The number of carbonyl (C=O) groups is 1. The maximum absolute atomic E-state index is 12.9. The van der Waals surface area contributed by atoms with Gasteiger partial charge < -0.3 is 29.9 Å². The zero-order valence-electron chi connectivity index (χ0n) is 23.4. The lowest BCUT2D eigenvalue weighted by atomic mass is 9.95. The van der Waals surface area contributed by atoms with Crippen LogP contribution in [0.2, 0.25) is 0 Å². The quantitative estimate of drug-likeness (QED) is 0.377. The molecule has 1 atom stereocenters. The number of carbonyl (C=O) groups excluding carboxylic acids is 2. The van der Waals surface area contributed by atoms with Crippen LogP contribution in [0.1, 0.15) is 31.2 Å². The van der Waals surface area contributed by atoms with Crippen LogP contribution in [0.25, 0.3) is 5.70 Å². The van der Waals surface area contributed by atoms with Crippen molar-refractivity contribution in [1.29, 1.82) is 5.26 Å². The third kappa shape index (κ3) is 6.71. The fourth-order valence-electron chi connectivity index (χ4n) is 5.67. The summed E-state index contributed by atoms with van der Waals surface area (Å²) in [7, 11) is 1.61. The normalized spacial score (nSPS) is 18.5. The molecule has 2 N–H and O–H groups in total. The Morgan fingerprint density at radius 1 is 1.17 bits per heavy atom. The lowest BCUT2D eigenvalue weighted by molar-refractivity contribution is 0.177. The van der Waals surface area contributed by atoms with E-state index in [0.717, 1.165) is 42.2 Å². The Kier molecular flexibility index (Phi) is 9.19. The summed E-state index contributed by atoms with van der Waals surface area (Å²) in [4.78, 5) is 33.3. The summed E-state index contributed by atoms with van der Waals surface area (Å²) < 4.78 is 11.8. The smallest absolute Gasteiger partial charge is 0.321 e. The SMILES string of the molecule is COc1cc2c(cc1OCCCC1CCCNC1)=NCC(=C=O)C=2N1CCN(C(=O)Nc2ccc(C#N)cc2)CC1. The monoisotopic (exact) mass is 556 g/mol. The number of nitrogens with one attached hydrogen (secondary N) is 2. The topological polar surface area (TPSA) is 119 Å². The summed E-state index contributed by atoms with van der Waals surface area (Å²) in [5.74, 6) is 4.06. The van der Waals surface area contributed by atoms with Crippen LogP contribution in [0.3, 0.4) is 0 Å². The first-order valence-corrected chi connectivity index (χ1v) is 14.3. The summed E-state index contributed by atoms with van der Waals surface area (Å²) in [6.45, 7) is 5.13. The molecule has 2 aromatic rings. The second-order valence-corrected chi connectivity index (χ2v) is 10.6. The number of nitriles is 1. The second kappa shape index (κ2) is 13.4. The van der Waals surface area contributed by atoms with Gasteiger partial charge in [0.1, 0.15) is 5.94 Å². The molecule has 0 aromatic heterocycles. The number of fused-ring (bicyclic) bond motifs is 1. The van der Waals surface area contributed by atoms with E-state index < -0.39 is 0 Å². The van der Waals surface area contributed by atoms with Crippen molar-refractivity contribution in [2.75, 3.05) is 64.8 Å². The Morgan fingerprint density at radius 3 is 2.66 bits per heavy atom. The van der Waals surface area contributed by atoms with Crippen LogP contribution >= 0.6 is 0 Å². The Balaban J connectivity index is 1.28. The average Bonchev–Trinajstić information content (AvgIpc) is 3.03. The van der Waals surface area contributed by atoms with Gasteiger partial charge in [0.2, 0.25) is 0 Å². The van der Waals surface area contributed by atoms with Crippen LogP contribution in [0.15, 0.2) is 47.0 Å². The molecule has 0 bridgehead atoms. The van der Waals surface area contributed by atoms with Gasteiger partial charge in [-0.15, -0.1) is 0 Å². The molecule has 1 unspecified atom stereocenters. The van der Waals surface area contributed by atoms with Gasteiger partial charge in [-0.1, -0.05) is 0 Å². The summed E-state index contributed by atoms with van der Waals surface area (Å²) in [5.41, 5.74) is 2.45. The van der Waals surface area contributed by atoms with E-state index in [1.807, 2.05) is 12.1 Å². The van der Waals surface area contributed by atoms with Crippen LogP contribution in [0, 0.1) is 17.2 Å². The third-order valence-electron chi connectivity index (χ3n) is 7.92. The molecular weight excluding hydrogens is 520 g/mol. The zero-order chi connectivity index (χ0) is 28.6. The minimum atomic E-state index is -0.201. The van der Waals surface area contributed by atoms with E-state index in [-0.39, 0.29) is 12.6 Å². The van der Waals surface area contributed by atoms with Crippen molar-refractivity contribution in [1.82, 2.24) is 15.1 Å². The number of ether oxygens (including phenoxy) is 2. The Bertz CT molecular complexity index is 1460. The summed E-state index contributed by atoms with van der Waals surface area (Å²) in [6.07, 6.45) is 4.62. The summed E-state index contributed by atoms with van der Waals surface area (Å²) >= 11 is 0. The molecule has 10 nitrogen and oxygen atoms in total. The molecule has 214 valence electrons. The van der Waals surface area contributed by atoms with E-state index in [4.69, 9.17) is 14.7 Å². The maximum atomic E-state index is 12.9. The summed E-state index contributed by atoms with van der Waals surface area (Å²) in [5, 5.41) is 16.9. The van der Waals surface area contributed by atoms with Gasteiger partial charge in [0.15, 0.2) is 11.5 Å². The van der Waals surface area contributed by atoms with E-state index in [9.17, 15) is 9.59 Å². The molecule has 2 saturated heterocycles. The molecule has 0 spiro atoms. The van der Waals surface area contributed by atoms with Crippen molar-refractivity contribution in [2.24, 2.45) is 10.9 Å². The highest BCUT2D eigenvalue weighted by molar-refractivity contribution is 5.89. The molecule has 3 heterocycles. The number of piperidine rings is 1. The van der Waals surface area contributed by atoms with Crippen molar-refractivity contribution in [3.8, 4) is 17.6 Å². The first-order chi connectivity index (χ1) is 20.1. The van der Waals surface area contributed by atoms with Gasteiger partial charge in [-0.3, -0.25) is 4.99 Å². The minimum Gasteiger partial charge on any atom is -0.493 e. The highest BCUT2D eigenvalue weighted by Crippen LogP contribution is 2.26. The highest BCUT2D eigenvalue weighted by atomic mass is 16.5. The number of urea groups is 1. The Hall–Kier alpha value is -4.32. The van der Waals surface area contributed by atoms with Gasteiger partial charge in [0, 0.05) is 43.2 Å². The number of piperazine rings is 1. The lowest BCUT2D eigenvalue weighted by Gasteiger charge is -2.37. The number of nitrogens with zero attached hydrogens (tertiary/aromatic N) is 4. The molecule has 3 aliphatic heterocycles. The minimum absolute atomic E-state index is 0.201. The van der Waals surface area contributed by atoms with Crippen molar-refractivity contribution in [3.05, 3.63) is 58.1 Å². The zero-order valence-corrected chi connectivity index (χ0v) is 23.4. The largest absolute Gasteiger partial charge is 0.493 e. The second-order valence-electron chi connectivity index (χ2n) is 10.6. The first kappa shape index (κ1) is 28.2. The van der Waals surface area contributed by atoms with Crippen LogP contribution in [-0.4, -0.2) is 81.3 Å². The van der Waals surface area contributed by atoms with Crippen molar-refractivity contribution in [2.45, 2.75) is 25.7 Å². The molecule has 2 aromatic carbocycles. The lowest BCUT2D eigenvalue weighted by Crippen LogP contribution is -2.51. The van der Waals surface area contributed by atoms with Gasteiger partial charge in [-0.05, 0) is 75.0 Å². The van der Waals surface area contributed by atoms with E-state index in [1.54, 1.807) is 36.3 Å². The van der Waals surface area contributed by atoms with E-state index in [1.165, 1.54) is 12.8 Å². The van der Waals surface area contributed by atoms with Crippen LogP contribution < -0.4 is 30.7 Å². The third-order valence-corrected chi connectivity index (χ3v) is 7.92. The number of amides is 2. The molecule has 0 radical (unpaired) electrons. The Morgan fingerprint density at radius 2 is 1.98 bits per heavy atom. The standard InChI is InChI=1S/C31H36N6O4/c1-40-28-16-26-27(17-29(28)41-15-3-5-23-4-2-10-33-19-23)34-20-24(21-38)30(26)36-11-13-37(14-12-36)31(39)35-25-8-6-22(18-32)7-9-25/h6-9,16-17,23,33H,2-5,10-15,19-20H2,1H3,(H,35,39). The van der Waals surface area contributed by atoms with Gasteiger partial charge in [-0.2, -0.15) is 5.26 Å². The molecule has 3 aliphatic rings. The molecule has 2 amide bonds. The van der Waals surface area contributed by atoms with Crippen molar-refractivity contribution in [3.63, 3.8) is 0 Å². The molecule has 41 heavy (non-hydrogen) atoms. The number of hydrogen-bond donors (Lipinski definition) is 2. The van der Waals surface area contributed by atoms with Crippen LogP contribution in [-0.2, 0) is 4.79 Å². The summed E-state index contributed by atoms with van der Waals surface area (Å²) in [6, 6.07) is 12.4. The van der Waals surface area contributed by atoms with Gasteiger partial charge in [-0.25, -0.2) is 9.59 Å². The van der Waals surface area contributed by atoms with Crippen LogP contribution in [0.5, 0.6) is 11.5 Å².